The molecule has 0 spiro atoms. The van der Waals surface area contributed by atoms with Gasteiger partial charge < -0.3 is 9.64 Å². The molecule has 0 saturated heterocycles. The van der Waals surface area contributed by atoms with E-state index in [-0.39, 0.29) is 12.1 Å². The smallest absolute Gasteiger partial charge is 0.318 e. The molecule has 0 saturated carbocycles. The molecule has 0 radical (unpaired) electrons. The highest BCUT2D eigenvalue weighted by Gasteiger charge is 2.29. The third-order valence-corrected chi connectivity index (χ3v) is 5.09. The monoisotopic (exact) mass is 396 g/mol. The Labute approximate surface area is 176 Å². The number of likely N-dealkylation sites (N-methyl/N-ethyl adjacent to an activating group) is 1. The highest BCUT2D eigenvalue weighted by atomic mass is 16.5. The van der Waals surface area contributed by atoms with Crippen molar-refractivity contribution in [1.82, 2.24) is 9.80 Å². The number of rotatable bonds is 10. The SMILES string of the molecule is CC(C)N(CC(CN(C)C)OC(=O)C(c1ccccc1)c1ccccc1)C(C)C. The average molecular weight is 397 g/mol. The molecule has 4 heteroatoms. The van der Waals surface area contributed by atoms with Crippen molar-refractivity contribution in [2.45, 2.75) is 51.8 Å². The number of benzene rings is 2. The number of hydrogen-bond donors (Lipinski definition) is 0. The van der Waals surface area contributed by atoms with Crippen LogP contribution in [0.3, 0.4) is 0 Å². The zero-order chi connectivity index (χ0) is 21.4. The van der Waals surface area contributed by atoms with Gasteiger partial charge in [0.1, 0.15) is 12.0 Å². The summed E-state index contributed by atoms with van der Waals surface area (Å²) in [6, 6.07) is 20.6. The number of hydrogen-bond acceptors (Lipinski definition) is 4. The van der Waals surface area contributed by atoms with E-state index in [1.807, 2.05) is 74.8 Å². The molecule has 2 rings (SSSR count). The van der Waals surface area contributed by atoms with Crippen LogP contribution in [0.4, 0.5) is 0 Å². The first-order valence-electron chi connectivity index (χ1n) is 10.5. The normalized spacial score (nSPS) is 12.9. The molecule has 2 aromatic carbocycles. The van der Waals surface area contributed by atoms with Crippen molar-refractivity contribution in [3.63, 3.8) is 0 Å². The first kappa shape index (κ1) is 23.1. The molecule has 0 N–H and O–H groups in total. The van der Waals surface area contributed by atoms with Gasteiger partial charge in [0.05, 0.1) is 0 Å². The molecule has 0 aliphatic heterocycles. The number of carbonyl (C=O) groups is 1. The summed E-state index contributed by atoms with van der Waals surface area (Å²) >= 11 is 0. The molecular formula is C25H36N2O2. The Hall–Kier alpha value is -2.17. The highest BCUT2D eigenvalue weighted by molar-refractivity contribution is 5.82. The summed E-state index contributed by atoms with van der Waals surface area (Å²) in [5.41, 5.74) is 1.91. The van der Waals surface area contributed by atoms with E-state index in [2.05, 4.69) is 37.5 Å². The molecule has 0 fully saturated rings. The number of esters is 1. The molecule has 0 heterocycles. The van der Waals surface area contributed by atoms with Crippen molar-refractivity contribution in [3.8, 4) is 0 Å². The second kappa shape index (κ2) is 11.1. The van der Waals surface area contributed by atoms with E-state index in [1.165, 1.54) is 0 Å². The standard InChI is InChI=1S/C25H36N2O2/c1-19(2)27(20(3)4)18-23(17-26(5)6)29-25(28)24(21-13-9-7-10-14-21)22-15-11-8-12-16-22/h7-16,19-20,23-24H,17-18H2,1-6H3. The summed E-state index contributed by atoms with van der Waals surface area (Å²) in [6.45, 7) is 10.2. The second-order valence-corrected chi connectivity index (χ2v) is 8.46. The van der Waals surface area contributed by atoms with E-state index in [0.29, 0.717) is 18.6 Å². The van der Waals surface area contributed by atoms with Crippen molar-refractivity contribution in [1.29, 1.82) is 0 Å². The predicted molar refractivity (Wildman–Crippen MR) is 120 cm³/mol. The topological polar surface area (TPSA) is 32.8 Å². The Morgan fingerprint density at radius 2 is 1.24 bits per heavy atom. The number of ether oxygens (including phenoxy) is 1. The molecule has 4 nitrogen and oxygen atoms in total. The molecule has 1 atom stereocenters. The van der Waals surface area contributed by atoms with Crippen LogP contribution >= 0.6 is 0 Å². The van der Waals surface area contributed by atoms with Crippen LogP contribution in [0.2, 0.25) is 0 Å². The first-order chi connectivity index (χ1) is 13.8. The van der Waals surface area contributed by atoms with E-state index in [9.17, 15) is 4.79 Å². The lowest BCUT2D eigenvalue weighted by Crippen LogP contribution is -2.46. The molecule has 0 aliphatic carbocycles. The van der Waals surface area contributed by atoms with Gasteiger partial charge in [0.25, 0.3) is 0 Å². The van der Waals surface area contributed by atoms with Crippen LogP contribution in [-0.2, 0) is 9.53 Å². The zero-order valence-corrected chi connectivity index (χ0v) is 18.7. The Morgan fingerprint density at radius 1 is 0.793 bits per heavy atom. The minimum atomic E-state index is -0.423. The van der Waals surface area contributed by atoms with Gasteiger partial charge in [-0.15, -0.1) is 0 Å². The van der Waals surface area contributed by atoms with Crippen molar-refractivity contribution in [3.05, 3.63) is 71.8 Å². The largest absolute Gasteiger partial charge is 0.459 e. The van der Waals surface area contributed by atoms with Crippen LogP contribution in [-0.4, -0.2) is 61.1 Å². The molecule has 0 aliphatic rings. The maximum Gasteiger partial charge on any atom is 0.318 e. The van der Waals surface area contributed by atoms with Gasteiger partial charge in [-0.25, -0.2) is 0 Å². The van der Waals surface area contributed by atoms with Gasteiger partial charge in [-0.2, -0.15) is 0 Å². The maximum absolute atomic E-state index is 13.4. The van der Waals surface area contributed by atoms with Gasteiger partial charge in [0.2, 0.25) is 0 Å². The highest BCUT2D eigenvalue weighted by Crippen LogP contribution is 2.26. The number of nitrogens with zero attached hydrogens (tertiary/aromatic N) is 2. The molecule has 1 unspecified atom stereocenters. The van der Waals surface area contributed by atoms with Crippen LogP contribution in [0.5, 0.6) is 0 Å². The summed E-state index contributed by atoms with van der Waals surface area (Å²) < 4.78 is 6.14. The second-order valence-electron chi connectivity index (χ2n) is 8.46. The van der Waals surface area contributed by atoms with Gasteiger partial charge in [-0.3, -0.25) is 9.69 Å². The van der Waals surface area contributed by atoms with E-state index in [1.54, 1.807) is 0 Å². The van der Waals surface area contributed by atoms with Crippen LogP contribution < -0.4 is 0 Å². The van der Waals surface area contributed by atoms with E-state index in [0.717, 1.165) is 17.7 Å². The quantitative estimate of drug-likeness (QED) is 0.557. The van der Waals surface area contributed by atoms with Crippen LogP contribution in [0.25, 0.3) is 0 Å². The Morgan fingerprint density at radius 3 is 1.62 bits per heavy atom. The first-order valence-corrected chi connectivity index (χ1v) is 10.5. The van der Waals surface area contributed by atoms with Gasteiger partial charge in [-0.05, 0) is 52.9 Å². The Kier molecular flexibility index (Phi) is 8.87. The lowest BCUT2D eigenvalue weighted by molar-refractivity contribution is -0.152. The van der Waals surface area contributed by atoms with Crippen molar-refractivity contribution in [2.24, 2.45) is 0 Å². The fourth-order valence-corrected chi connectivity index (χ4v) is 3.78. The van der Waals surface area contributed by atoms with Crippen LogP contribution in [0, 0.1) is 0 Å². The summed E-state index contributed by atoms with van der Waals surface area (Å²) in [7, 11) is 4.03. The maximum atomic E-state index is 13.4. The zero-order valence-electron chi connectivity index (χ0n) is 18.7. The van der Waals surface area contributed by atoms with E-state index >= 15 is 0 Å². The third kappa shape index (κ3) is 6.98. The van der Waals surface area contributed by atoms with Crippen molar-refractivity contribution < 1.29 is 9.53 Å². The fraction of sp³-hybridized carbons (Fsp3) is 0.480. The van der Waals surface area contributed by atoms with Crippen LogP contribution in [0.15, 0.2) is 60.7 Å². The molecule has 29 heavy (non-hydrogen) atoms. The molecule has 0 aromatic heterocycles. The molecule has 158 valence electrons. The lowest BCUT2D eigenvalue weighted by Gasteiger charge is -2.35. The summed E-state index contributed by atoms with van der Waals surface area (Å²) in [6.07, 6.45) is -0.197. The summed E-state index contributed by atoms with van der Waals surface area (Å²) in [5.74, 6) is -0.615. The van der Waals surface area contributed by atoms with Gasteiger partial charge in [-0.1, -0.05) is 60.7 Å². The van der Waals surface area contributed by atoms with E-state index in [4.69, 9.17) is 4.74 Å². The fourth-order valence-electron chi connectivity index (χ4n) is 3.78. The van der Waals surface area contributed by atoms with E-state index < -0.39 is 5.92 Å². The minimum absolute atomic E-state index is 0.193. The van der Waals surface area contributed by atoms with Crippen molar-refractivity contribution >= 4 is 5.97 Å². The summed E-state index contributed by atoms with van der Waals surface area (Å²) in [5, 5.41) is 0. The minimum Gasteiger partial charge on any atom is -0.459 e. The molecular weight excluding hydrogens is 360 g/mol. The number of carbonyl (C=O) groups excluding carboxylic acids is 1. The Balaban J connectivity index is 2.28. The molecule has 0 amide bonds. The van der Waals surface area contributed by atoms with Crippen LogP contribution in [0.1, 0.15) is 44.7 Å². The molecule has 2 aromatic rings. The van der Waals surface area contributed by atoms with Gasteiger partial charge in [0, 0.05) is 25.2 Å². The van der Waals surface area contributed by atoms with Gasteiger partial charge in [0.15, 0.2) is 0 Å². The van der Waals surface area contributed by atoms with Gasteiger partial charge >= 0.3 is 5.97 Å². The summed E-state index contributed by atoms with van der Waals surface area (Å²) in [4.78, 5) is 17.9. The average Bonchev–Trinajstić information content (AvgIpc) is 2.67. The molecule has 0 bridgehead atoms. The third-order valence-electron chi connectivity index (χ3n) is 5.09. The Bertz CT molecular complexity index is 682. The lowest BCUT2D eigenvalue weighted by atomic mass is 9.91. The predicted octanol–water partition coefficient (Wildman–Crippen LogP) is 4.41. The van der Waals surface area contributed by atoms with Crippen molar-refractivity contribution in [2.75, 3.05) is 27.2 Å².